The van der Waals surface area contributed by atoms with Gasteiger partial charge in [0.2, 0.25) is 10.0 Å². The Balaban J connectivity index is 0.00000480. The highest BCUT2D eigenvalue weighted by molar-refractivity contribution is 14.0. The number of sulfonamides is 1. The highest BCUT2D eigenvalue weighted by Gasteiger charge is 2.27. The molecule has 1 saturated heterocycles. The first-order valence-electron chi connectivity index (χ1n) is 11.8. The van der Waals surface area contributed by atoms with E-state index in [1.807, 2.05) is 6.92 Å². The predicted octanol–water partition coefficient (Wildman–Crippen LogP) is 2.02. The zero-order valence-electron chi connectivity index (χ0n) is 19.6. The zero-order chi connectivity index (χ0) is 21.8. The molecule has 0 aromatic heterocycles. The molecule has 10 heteroatoms. The first-order valence-corrected chi connectivity index (χ1v) is 13.5. The van der Waals surface area contributed by atoms with Crippen LogP contribution in [0.5, 0.6) is 0 Å². The smallest absolute Gasteiger partial charge is 0.213 e. The van der Waals surface area contributed by atoms with Crippen LogP contribution in [0.25, 0.3) is 0 Å². The molecule has 2 aliphatic rings. The minimum absolute atomic E-state index is 0. The first kappa shape index (κ1) is 28.9. The zero-order valence-corrected chi connectivity index (χ0v) is 22.7. The van der Waals surface area contributed by atoms with Gasteiger partial charge in [0.05, 0.1) is 25.5 Å². The Labute approximate surface area is 206 Å². The third kappa shape index (κ3) is 10.5. The number of morpholine rings is 1. The summed E-state index contributed by atoms with van der Waals surface area (Å²) >= 11 is 0. The van der Waals surface area contributed by atoms with Gasteiger partial charge in [0, 0.05) is 38.8 Å². The van der Waals surface area contributed by atoms with Gasteiger partial charge in [-0.15, -0.1) is 24.0 Å². The SMILES string of the molecule is CCNC(=NCC(C(CC)CC)N1CCOCC1)NCCS(=O)(=O)NCC1CCC1.I. The second-order valence-electron chi connectivity index (χ2n) is 8.40. The maximum atomic E-state index is 12.2. The summed E-state index contributed by atoms with van der Waals surface area (Å²) in [5.74, 6) is 1.86. The van der Waals surface area contributed by atoms with Gasteiger partial charge in [-0.3, -0.25) is 9.89 Å². The number of rotatable bonds is 13. The summed E-state index contributed by atoms with van der Waals surface area (Å²) in [7, 11) is -3.25. The van der Waals surface area contributed by atoms with Crippen LogP contribution in [0.15, 0.2) is 4.99 Å². The Morgan fingerprint density at radius 3 is 2.35 bits per heavy atom. The molecule has 1 heterocycles. The van der Waals surface area contributed by atoms with Crippen LogP contribution in [-0.2, 0) is 14.8 Å². The van der Waals surface area contributed by atoms with Gasteiger partial charge in [0.25, 0.3) is 0 Å². The van der Waals surface area contributed by atoms with Crippen LogP contribution in [0.2, 0.25) is 0 Å². The van der Waals surface area contributed by atoms with E-state index in [1.54, 1.807) is 0 Å². The van der Waals surface area contributed by atoms with Gasteiger partial charge in [-0.25, -0.2) is 13.1 Å². The maximum Gasteiger partial charge on any atom is 0.213 e. The van der Waals surface area contributed by atoms with Gasteiger partial charge in [-0.05, 0) is 31.6 Å². The molecular weight excluding hydrogens is 529 g/mol. The molecule has 184 valence electrons. The molecule has 3 N–H and O–H groups in total. The van der Waals surface area contributed by atoms with Crippen molar-refractivity contribution < 1.29 is 13.2 Å². The fourth-order valence-corrected chi connectivity index (χ4v) is 5.15. The quantitative estimate of drug-likeness (QED) is 0.177. The lowest BCUT2D eigenvalue weighted by Crippen LogP contribution is -2.49. The van der Waals surface area contributed by atoms with Crippen molar-refractivity contribution >= 4 is 40.0 Å². The number of guanidine groups is 1. The molecule has 31 heavy (non-hydrogen) atoms. The topological polar surface area (TPSA) is 95.1 Å². The normalized spacial score (nSPS) is 19.5. The fraction of sp³-hybridized carbons (Fsp3) is 0.952. The molecule has 0 radical (unpaired) electrons. The number of hydrogen-bond donors (Lipinski definition) is 3. The van der Waals surface area contributed by atoms with Crippen LogP contribution >= 0.6 is 24.0 Å². The van der Waals surface area contributed by atoms with Crippen LogP contribution in [-0.4, -0.2) is 83.6 Å². The van der Waals surface area contributed by atoms with Crippen molar-refractivity contribution in [2.45, 2.75) is 58.9 Å². The monoisotopic (exact) mass is 573 g/mol. The summed E-state index contributed by atoms with van der Waals surface area (Å²) in [5.41, 5.74) is 0. The maximum absolute atomic E-state index is 12.2. The summed E-state index contributed by atoms with van der Waals surface area (Å²) in [6.45, 7) is 12.3. The van der Waals surface area contributed by atoms with Crippen molar-refractivity contribution in [3.05, 3.63) is 0 Å². The molecule has 1 saturated carbocycles. The number of nitrogens with zero attached hydrogens (tertiary/aromatic N) is 2. The van der Waals surface area contributed by atoms with Crippen molar-refractivity contribution in [2.24, 2.45) is 16.8 Å². The summed E-state index contributed by atoms with van der Waals surface area (Å²) < 4.78 is 32.7. The number of nitrogens with one attached hydrogen (secondary N) is 3. The van der Waals surface area contributed by atoms with E-state index in [9.17, 15) is 8.42 Å². The Bertz CT molecular complexity index is 606. The molecule has 8 nitrogen and oxygen atoms in total. The molecular formula is C21H44IN5O3S. The number of halogens is 1. The van der Waals surface area contributed by atoms with E-state index in [2.05, 4.69) is 34.1 Å². The average Bonchev–Trinajstić information content (AvgIpc) is 2.70. The van der Waals surface area contributed by atoms with Gasteiger partial charge in [-0.1, -0.05) is 33.1 Å². The van der Waals surface area contributed by atoms with Crippen molar-refractivity contribution in [2.75, 3.05) is 58.2 Å². The second-order valence-corrected chi connectivity index (χ2v) is 10.3. The van der Waals surface area contributed by atoms with Crippen LogP contribution in [0.3, 0.4) is 0 Å². The molecule has 2 fully saturated rings. The Kier molecular flexibility index (Phi) is 14.6. The number of ether oxygens (including phenoxy) is 1. The molecule has 1 aliphatic carbocycles. The van der Waals surface area contributed by atoms with E-state index >= 15 is 0 Å². The Morgan fingerprint density at radius 2 is 1.81 bits per heavy atom. The Hall–Kier alpha value is -0.170. The lowest BCUT2D eigenvalue weighted by molar-refractivity contribution is 0.00395. The van der Waals surface area contributed by atoms with Gasteiger partial charge in [-0.2, -0.15) is 0 Å². The third-order valence-corrected chi connectivity index (χ3v) is 7.72. The van der Waals surface area contributed by atoms with Crippen LogP contribution < -0.4 is 15.4 Å². The molecule has 0 amide bonds. The molecule has 1 unspecified atom stereocenters. The van der Waals surface area contributed by atoms with Gasteiger partial charge >= 0.3 is 0 Å². The van der Waals surface area contributed by atoms with Crippen LogP contribution in [0, 0.1) is 11.8 Å². The van der Waals surface area contributed by atoms with Crippen molar-refractivity contribution in [1.29, 1.82) is 0 Å². The van der Waals surface area contributed by atoms with E-state index < -0.39 is 10.0 Å². The molecule has 0 aromatic carbocycles. The van der Waals surface area contributed by atoms with E-state index in [-0.39, 0.29) is 29.7 Å². The van der Waals surface area contributed by atoms with Crippen molar-refractivity contribution in [3.8, 4) is 0 Å². The lowest BCUT2D eigenvalue weighted by Gasteiger charge is -2.38. The molecule has 1 atom stereocenters. The van der Waals surface area contributed by atoms with Gasteiger partial charge in [0.15, 0.2) is 5.96 Å². The highest BCUT2D eigenvalue weighted by atomic mass is 127. The summed E-state index contributed by atoms with van der Waals surface area (Å²) in [4.78, 5) is 7.32. The first-order chi connectivity index (χ1) is 14.5. The molecule has 2 rings (SSSR count). The number of aliphatic imine (C=N–C) groups is 1. The highest BCUT2D eigenvalue weighted by Crippen LogP contribution is 2.25. The van der Waals surface area contributed by atoms with E-state index in [4.69, 9.17) is 9.73 Å². The minimum atomic E-state index is -3.25. The van der Waals surface area contributed by atoms with Crippen molar-refractivity contribution in [1.82, 2.24) is 20.3 Å². The van der Waals surface area contributed by atoms with E-state index in [0.717, 1.165) is 58.5 Å². The predicted molar refractivity (Wildman–Crippen MR) is 139 cm³/mol. The molecule has 0 bridgehead atoms. The Morgan fingerprint density at radius 1 is 1.13 bits per heavy atom. The number of hydrogen-bond acceptors (Lipinski definition) is 5. The van der Waals surface area contributed by atoms with Gasteiger partial charge in [0.1, 0.15) is 0 Å². The third-order valence-electron chi connectivity index (χ3n) is 6.37. The standard InChI is InChI=1S/C21H43N5O3S.HI/c1-4-19(5-2)20(26-11-13-29-14-12-26)17-24-21(22-6-3)23-10-15-30(27,28)25-16-18-8-7-9-18;/h18-20,25H,4-17H2,1-3H3,(H2,22,23,24);1H. The lowest BCUT2D eigenvalue weighted by atomic mass is 9.86. The van der Waals surface area contributed by atoms with Crippen LogP contribution in [0.4, 0.5) is 0 Å². The summed E-state index contributed by atoms with van der Waals surface area (Å²) in [5, 5.41) is 6.45. The van der Waals surface area contributed by atoms with Crippen molar-refractivity contribution in [3.63, 3.8) is 0 Å². The van der Waals surface area contributed by atoms with E-state index in [0.29, 0.717) is 43.5 Å². The average molecular weight is 574 g/mol. The van der Waals surface area contributed by atoms with Crippen LogP contribution in [0.1, 0.15) is 52.9 Å². The molecule has 1 aliphatic heterocycles. The minimum Gasteiger partial charge on any atom is -0.379 e. The summed E-state index contributed by atoms with van der Waals surface area (Å²) in [6.07, 6.45) is 5.75. The molecule has 0 spiro atoms. The largest absolute Gasteiger partial charge is 0.379 e. The fourth-order valence-electron chi connectivity index (χ4n) is 4.15. The molecule has 0 aromatic rings. The second kappa shape index (κ2) is 15.6. The van der Waals surface area contributed by atoms with E-state index in [1.165, 1.54) is 6.42 Å². The summed E-state index contributed by atoms with van der Waals surface area (Å²) in [6, 6.07) is 0.382. The van der Waals surface area contributed by atoms with Gasteiger partial charge < -0.3 is 15.4 Å².